The number of imidazole rings is 1. The Morgan fingerprint density at radius 1 is 1.25 bits per heavy atom. The Morgan fingerprint density at radius 3 is 2.62 bits per heavy atom. The standard InChI is InChI=1S/C19H28N4O/c1-14(2)21-18(24)19(11-7-4-8-12-19)20-13-17-22-15-9-5-6-10-16(15)23(17)3/h5-6,9-10,14,20H,4,7-8,11-13H2,1-3H3,(H,21,24). The molecule has 3 rings (SSSR count). The molecule has 1 amide bonds. The van der Waals surface area contributed by atoms with E-state index in [4.69, 9.17) is 4.98 Å². The highest BCUT2D eigenvalue weighted by molar-refractivity contribution is 5.86. The van der Waals surface area contributed by atoms with E-state index in [0.717, 1.165) is 42.5 Å². The third-order valence-electron chi connectivity index (χ3n) is 5.03. The fourth-order valence-electron chi connectivity index (χ4n) is 3.64. The third-order valence-corrected chi connectivity index (χ3v) is 5.03. The van der Waals surface area contributed by atoms with E-state index in [1.165, 1.54) is 6.42 Å². The Bertz CT molecular complexity index is 713. The molecule has 0 atom stereocenters. The van der Waals surface area contributed by atoms with E-state index in [1.54, 1.807) is 0 Å². The van der Waals surface area contributed by atoms with Crippen molar-refractivity contribution in [1.29, 1.82) is 0 Å². The summed E-state index contributed by atoms with van der Waals surface area (Å²) in [5, 5.41) is 6.67. The minimum atomic E-state index is -0.458. The molecule has 0 bridgehead atoms. The van der Waals surface area contributed by atoms with Gasteiger partial charge in [0.15, 0.2) is 0 Å². The number of carbonyl (C=O) groups excluding carboxylic acids is 1. The fraction of sp³-hybridized carbons (Fsp3) is 0.579. The molecule has 1 aromatic carbocycles. The summed E-state index contributed by atoms with van der Waals surface area (Å²) in [4.78, 5) is 17.5. The molecule has 0 unspecified atom stereocenters. The van der Waals surface area contributed by atoms with Gasteiger partial charge in [0, 0.05) is 13.1 Å². The lowest BCUT2D eigenvalue weighted by Crippen LogP contribution is -2.58. The number of fused-ring (bicyclic) bond motifs is 1. The lowest BCUT2D eigenvalue weighted by Gasteiger charge is -2.37. The van der Waals surface area contributed by atoms with Crippen LogP contribution in [0.15, 0.2) is 24.3 Å². The predicted octanol–water partition coefficient (Wildman–Crippen LogP) is 2.89. The molecule has 2 aromatic rings. The van der Waals surface area contributed by atoms with Gasteiger partial charge in [0.2, 0.25) is 5.91 Å². The molecule has 1 aliphatic carbocycles. The molecule has 0 spiro atoms. The maximum absolute atomic E-state index is 12.8. The Kier molecular flexibility index (Phi) is 4.90. The second kappa shape index (κ2) is 6.93. The largest absolute Gasteiger partial charge is 0.352 e. The Balaban J connectivity index is 1.79. The van der Waals surface area contributed by atoms with Crippen LogP contribution in [0.4, 0.5) is 0 Å². The molecule has 1 heterocycles. The number of carbonyl (C=O) groups is 1. The van der Waals surface area contributed by atoms with E-state index in [-0.39, 0.29) is 11.9 Å². The molecule has 1 aliphatic rings. The summed E-state index contributed by atoms with van der Waals surface area (Å²) >= 11 is 0. The summed E-state index contributed by atoms with van der Waals surface area (Å²) < 4.78 is 2.11. The quantitative estimate of drug-likeness (QED) is 0.887. The molecule has 2 N–H and O–H groups in total. The Morgan fingerprint density at radius 2 is 1.96 bits per heavy atom. The minimum absolute atomic E-state index is 0.135. The van der Waals surface area contributed by atoms with E-state index in [9.17, 15) is 4.79 Å². The van der Waals surface area contributed by atoms with E-state index in [2.05, 4.69) is 21.3 Å². The molecule has 0 saturated heterocycles. The van der Waals surface area contributed by atoms with E-state index in [1.807, 2.05) is 39.1 Å². The molecule has 1 aromatic heterocycles. The molecule has 1 fully saturated rings. The number of aromatic nitrogens is 2. The average molecular weight is 328 g/mol. The number of aryl methyl sites for hydroxylation is 1. The topological polar surface area (TPSA) is 59.0 Å². The van der Waals surface area contributed by atoms with Gasteiger partial charge in [-0.05, 0) is 38.8 Å². The molecule has 0 aliphatic heterocycles. The first kappa shape index (κ1) is 17.0. The van der Waals surface area contributed by atoms with Gasteiger partial charge in [0.05, 0.1) is 23.1 Å². The van der Waals surface area contributed by atoms with Crippen LogP contribution in [0.25, 0.3) is 11.0 Å². The van der Waals surface area contributed by atoms with Crippen molar-refractivity contribution >= 4 is 16.9 Å². The molecule has 5 heteroatoms. The number of nitrogens with one attached hydrogen (secondary N) is 2. The summed E-state index contributed by atoms with van der Waals surface area (Å²) in [5.41, 5.74) is 1.67. The van der Waals surface area contributed by atoms with Crippen LogP contribution in [0.5, 0.6) is 0 Å². The summed E-state index contributed by atoms with van der Waals surface area (Å²) in [6.45, 7) is 4.64. The molecule has 130 valence electrons. The van der Waals surface area contributed by atoms with E-state index in [0.29, 0.717) is 6.54 Å². The monoisotopic (exact) mass is 328 g/mol. The van der Waals surface area contributed by atoms with Crippen molar-refractivity contribution in [3.05, 3.63) is 30.1 Å². The first-order valence-electron chi connectivity index (χ1n) is 8.98. The van der Waals surface area contributed by atoms with Gasteiger partial charge in [-0.3, -0.25) is 10.1 Å². The van der Waals surface area contributed by atoms with Crippen molar-refractivity contribution in [2.45, 2.75) is 64.1 Å². The van der Waals surface area contributed by atoms with Crippen LogP contribution in [-0.2, 0) is 18.4 Å². The second-order valence-electron chi connectivity index (χ2n) is 7.20. The summed E-state index contributed by atoms with van der Waals surface area (Å²) in [6, 6.07) is 8.30. The van der Waals surface area contributed by atoms with Gasteiger partial charge < -0.3 is 9.88 Å². The van der Waals surface area contributed by atoms with Crippen molar-refractivity contribution < 1.29 is 4.79 Å². The van der Waals surface area contributed by atoms with Gasteiger partial charge in [-0.2, -0.15) is 0 Å². The number of rotatable bonds is 5. The highest BCUT2D eigenvalue weighted by Crippen LogP contribution is 2.29. The zero-order chi connectivity index (χ0) is 17.2. The first-order chi connectivity index (χ1) is 11.5. The molecular formula is C19H28N4O. The van der Waals surface area contributed by atoms with Crippen molar-refractivity contribution in [3.8, 4) is 0 Å². The summed E-state index contributed by atoms with van der Waals surface area (Å²) in [7, 11) is 2.04. The van der Waals surface area contributed by atoms with E-state index < -0.39 is 5.54 Å². The number of nitrogens with zero attached hydrogens (tertiary/aromatic N) is 2. The molecule has 0 radical (unpaired) electrons. The van der Waals surface area contributed by atoms with Crippen LogP contribution in [0.3, 0.4) is 0 Å². The number of amides is 1. The maximum atomic E-state index is 12.8. The van der Waals surface area contributed by atoms with Crippen molar-refractivity contribution in [2.75, 3.05) is 0 Å². The highest BCUT2D eigenvalue weighted by atomic mass is 16.2. The van der Waals surface area contributed by atoms with Crippen LogP contribution in [0, 0.1) is 0 Å². The van der Waals surface area contributed by atoms with Crippen LogP contribution in [0.2, 0.25) is 0 Å². The van der Waals surface area contributed by atoms with Gasteiger partial charge in [-0.25, -0.2) is 4.98 Å². The van der Waals surface area contributed by atoms with Gasteiger partial charge in [-0.1, -0.05) is 31.4 Å². The molecule has 5 nitrogen and oxygen atoms in total. The second-order valence-corrected chi connectivity index (χ2v) is 7.20. The highest BCUT2D eigenvalue weighted by Gasteiger charge is 2.39. The minimum Gasteiger partial charge on any atom is -0.352 e. The van der Waals surface area contributed by atoms with Crippen LogP contribution < -0.4 is 10.6 Å². The average Bonchev–Trinajstić information content (AvgIpc) is 2.90. The summed E-state index contributed by atoms with van der Waals surface area (Å²) in [6.07, 6.45) is 5.21. The SMILES string of the molecule is CC(C)NC(=O)C1(NCc2nc3ccccc3n2C)CCCCC1. The Labute approximate surface area is 143 Å². The summed E-state index contributed by atoms with van der Waals surface area (Å²) in [5.74, 6) is 1.11. The molecule has 24 heavy (non-hydrogen) atoms. The normalized spacial score (nSPS) is 17.3. The van der Waals surface area contributed by atoms with Gasteiger partial charge >= 0.3 is 0 Å². The van der Waals surface area contributed by atoms with Gasteiger partial charge in [0.25, 0.3) is 0 Å². The van der Waals surface area contributed by atoms with Crippen molar-refractivity contribution in [3.63, 3.8) is 0 Å². The third kappa shape index (κ3) is 3.31. The fourth-order valence-corrected chi connectivity index (χ4v) is 3.64. The smallest absolute Gasteiger partial charge is 0.240 e. The van der Waals surface area contributed by atoms with E-state index >= 15 is 0 Å². The number of benzene rings is 1. The zero-order valence-electron chi connectivity index (χ0n) is 14.9. The molecular weight excluding hydrogens is 300 g/mol. The van der Waals surface area contributed by atoms with Gasteiger partial charge in [-0.15, -0.1) is 0 Å². The van der Waals surface area contributed by atoms with Crippen LogP contribution in [-0.4, -0.2) is 27.0 Å². The van der Waals surface area contributed by atoms with Crippen LogP contribution in [0.1, 0.15) is 51.8 Å². The number of hydrogen-bond acceptors (Lipinski definition) is 3. The lowest BCUT2D eigenvalue weighted by molar-refractivity contribution is -0.129. The van der Waals surface area contributed by atoms with Crippen molar-refractivity contribution in [2.24, 2.45) is 7.05 Å². The molecule has 1 saturated carbocycles. The lowest BCUT2D eigenvalue weighted by atomic mass is 9.80. The van der Waals surface area contributed by atoms with Gasteiger partial charge in [0.1, 0.15) is 5.82 Å². The predicted molar refractivity (Wildman–Crippen MR) is 96.6 cm³/mol. The first-order valence-corrected chi connectivity index (χ1v) is 8.98. The zero-order valence-corrected chi connectivity index (χ0v) is 14.9. The number of para-hydroxylation sites is 2. The number of hydrogen-bond donors (Lipinski definition) is 2. The van der Waals surface area contributed by atoms with Crippen molar-refractivity contribution in [1.82, 2.24) is 20.2 Å². The van der Waals surface area contributed by atoms with Crippen LogP contribution >= 0.6 is 0 Å². The Hall–Kier alpha value is -1.88. The maximum Gasteiger partial charge on any atom is 0.240 e.